The van der Waals surface area contributed by atoms with E-state index in [-0.39, 0.29) is 44.7 Å². The second kappa shape index (κ2) is 10.1. The van der Waals surface area contributed by atoms with Gasteiger partial charge in [-0.1, -0.05) is 35.9 Å². The number of piperidine rings is 1. The molecule has 2 fully saturated rings. The fraction of sp³-hybridized carbons (Fsp3) is 0.367. The molecule has 3 heterocycles. The van der Waals surface area contributed by atoms with Crippen molar-refractivity contribution in [3.8, 4) is 11.5 Å². The molecule has 8 nitrogen and oxygen atoms in total. The van der Waals surface area contributed by atoms with E-state index in [2.05, 4.69) is 4.57 Å². The summed E-state index contributed by atoms with van der Waals surface area (Å²) in [7, 11) is -5.40. The first-order valence-corrected chi connectivity index (χ1v) is 15.8. The van der Waals surface area contributed by atoms with Gasteiger partial charge in [-0.25, -0.2) is 13.4 Å². The van der Waals surface area contributed by atoms with Crippen LogP contribution < -0.4 is 9.47 Å². The molecule has 0 spiro atoms. The van der Waals surface area contributed by atoms with E-state index in [1.54, 1.807) is 42.5 Å². The number of alkyl halides is 3. The van der Waals surface area contributed by atoms with E-state index >= 15 is 0 Å². The molecule has 1 N–H and O–H groups in total. The molecule has 0 bridgehead atoms. The summed E-state index contributed by atoms with van der Waals surface area (Å²) in [6.45, 7) is -0.417. The Morgan fingerprint density at radius 3 is 2.16 bits per heavy atom. The molecule has 1 unspecified atom stereocenters. The predicted molar refractivity (Wildman–Crippen MR) is 153 cm³/mol. The van der Waals surface area contributed by atoms with Gasteiger partial charge >= 0.3 is 15.5 Å². The summed E-state index contributed by atoms with van der Waals surface area (Å²) in [6.07, 6.45) is 2.30. The minimum absolute atomic E-state index is 0.0797. The zero-order valence-electron chi connectivity index (χ0n) is 22.7. The average molecular weight is 634 g/mol. The first kappa shape index (κ1) is 28.5. The number of hydrogen-bond donors (Lipinski definition) is 1. The van der Waals surface area contributed by atoms with Crippen molar-refractivity contribution in [2.45, 2.75) is 48.8 Å². The van der Waals surface area contributed by atoms with Gasteiger partial charge in [0.1, 0.15) is 11.4 Å². The Bertz CT molecular complexity index is 1820. The molecule has 43 heavy (non-hydrogen) atoms. The van der Waals surface area contributed by atoms with Crippen molar-refractivity contribution < 1.29 is 36.2 Å². The summed E-state index contributed by atoms with van der Waals surface area (Å²) in [5, 5.41) is 13.1. The summed E-state index contributed by atoms with van der Waals surface area (Å²) < 4.78 is 77.4. The van der Waals surface area contributed by atoms with E-state index in [0.717, 1.165) is 24.2 Å². The maximum Gasteiger partial charge on any atom is 0.511 e. The number of rotatable bonds is 6. The van der Waals surface area contributed by atoms with Crippen molar-refractivity contribution >= 4 is 32.7 Å². The molecule has 1 saturated heterocycles. The van der Waals surface area contributed by atoms with Crippen molar-refractivity contribution in [1.29, 1.82) is 0 Å². The van der Waals surface area contributed by atoms with Crippen LogP contribution in [0.4, 0.5) is 13.2 Å². The SMILES string of the molecule is O=S(=O)(N1CCC(n2c(C3CC3)nc3ccc(C(O)(c4ccc(Cl)cc4)c4ccc5c(c4)OCO5)cc32)CC1)C(F)(F)F. The third-order valence-corrected chi connectivity index (χ3v) is 10.4. The molecule has 1 saturated carbocycles. The van der Waals surface area contributed by atoms with E-state index in [0.29, 0.717) is 43.0 Å². The third kappa shape index (κ3) is 4.75. The monoisotopic (exact) mass is 633 g/mol. The Kier molecular flexibility index (Phi) is 6.69. The molecule has 3 aromatic carbocycles. The minimum Gasteiger partial charge on any atom is -0.454 e. The number of benzene rings is 3. The lowest BCUT2D eigenvalue weighted by Gasteiger charge is -2.33. The Morgan fingerprint density at radius 2 is 1.49 bits per heavy atom. The third-order valence-electron chi connectivity index (χ3n) is 8.55. The molecule has 0 radical (unpaired) electrons. The lowest BCUT2D eigenvalue weighted by atomic mass is 9.80. The molecular weight excluding hydrogens is 607 g/mol. The molecule has 226 valence electrons. The number of nitrogens with zero attached hydrogens (tertiary/aromatic N) is 3. The van der Waals surface area contributed by atoms with Crippen LogP contribution in [0.5, 0.6) is 11.5 Å². The molecule has 1 aromatic heterocycles. The number of hydrogen-bond acceptors (Lipinski definition) is 6. The second-order valence-electron chi connectivity index (χ2n) is 11.2. The van der Waals surface area contributed by atoms with Gasteiger partial charge in [0.15, 0.2) is 11.5 Å². The highest BCUT2D eigenvalue weighted by molar-refractivity contribution is 7.90. The molecule has 2 aliphatic heterocycles. The Hall–Kier alpha value is -3.32. The first-order valence-electron chi connectivity index (χ1n) is 13.9. The standard InChI is InChI=1S/C30H27ClF3N3O5S/c31-22-7-3-19(4-8-22)29(38,21-6-10-26-27(16-21)42-17-41-26)20-5-9-24-25(15-20)37(28(35-24)18-1-2-18)23-11-13-36(14-12-23)43(39,40)30(32,33)34/h3-10,15-16,18,23,38H,1-2,11-14,17H2. The topological polar surface area (TPSA) is 93.9 Å². The average Bonchev–Trinajstić information content (AvgIpc) is 3.60. The van der Waals surface area contributed by atoms with Crippen LogP contribution in [-0.2, 0) is 15.6 Å². The summed E-state index contributed by atoms with van der Waals surface area (Å²) in [4.78, 5) is 4.90. The van der Waals surface area contributed by atoms with Gasteiger partial charge in [0, 0.05) is 30.1 Å². The van der Waals surface area contributed by atoms with Gasteiger partial charge in [-0.05, 0) is 78.8 Å². The zero-order chi connectivity index (χ0) is 30.1. The lowest BCUT2D eigenvalue weighted by molar-refractivity contribution is -0.0496. The number of aromatic nitrogens is 2. The summed E-state index contributed by atoms with van der Waals surface area (Å²) in [5.41, 5.74) is -3.91. The molecule has 4 aromatic rings. The van der Waals surface area contributed by atoms with E-state index in [4.69, 9.17) is 26.1 Å². The second-order valence-corrected chi connectivity index (χ2v) is 13.5. The maximum atomic E-state index is 13.2. The maximum absolute atomic E-state index is 13.2. The molecule has 13 heteroatoms. The van der Waals surface area contributed by atoms with Crippen molar-refractivity contribution in [3.05, 3.63) is 88.2 Å². The van der Waals surface area contributed by atoms with Crippen LogP contribution in [0.25, 0.3) is 11.0 Å². The van der Waals surface area contributed by atoms with Gasteiger partial charge in [-0.2, -0.15) is 17.5 Å². The summed E-state index contributed by atoms with van der Waals surface area (Å²) in [6, 6.07) is 17.4. The smallest absolute Gasteiger partial charge is 0.454 e. The van der Waals surface area contributed by atoms with Gasteiger partial charge < -0.3 is 19.1 Å². The van der Waals surface area contributed by atoms with E-state index < -0.39 is 21.1 Å². The van der Waals surface area contributed by atoms with Crippen LogP contribution in [0.3, 0.4) is 0 Å². The quantitative estimate of drug-likeness (QED) is 0.259. The van der Waals surface area contributed by atoms with Crippen LogP contribution in [0, 0.1) is 0 Å². The predicted octanol–water partition coefficient (Wildman–Crippen LogP) is 6.07. The van der Waals surface area contributed by atoms with Gasteiger partial charge in [0.25, 0.3) is 0 Å². The normalized spacial score (nSPS) is 19.6. The Balaban J connectivity index is 1.33. The highest BCUT2D eigenvalue weighted by Gasteiger charge is 2.50. The lowest BCUT2D eigenvalue weighted by Crippen LogP contribution is -2.45. The van der Waals surface area contributed by atoms with Crippen LogP contribution in [0.1, 0.15) is 60.2 Å². The van der Waals surface area contributed by atoms with Crippen molar-refractivity contribution in [1.82, 2.24) is 13.9 Å². The number of imidazole rings is 1. The van der Waals surface area contributed by atoms with E-state index in [9.17, 15) is 26.7 Å². The van der Waals surface area contributed by atoms with Crippen LogP contribution >= 0.6 is 11.6 Å². The highest BCUT2D eigenvalue weighted by Crippen LogP contribution is 2.46. The Labute approximate surface area is 250 Å². The minimum atomic E-state index is -5.40. The highest BCUT2D eigenvalue weighted by atomic mass is 35.5. The first-order chi connectivity index (χ1) is 20.5. The van der Waals surface area contributed by atoms with E-state index in [1.165, 1.54) is 0 Å². The fourth-order valence-corrected chi connectivity index (χ4v) is 7.26. The number of aliphatic hydroxyl groups is 1. The largest absolute Gasteiger partial charge is 0.511 e. The van der Waals surface area contributed by atoms with Crippen molar-refractivity contribution in [3.63, 3.8) is 0 Å². The molecule has 0 amide bonds. The summed E-state index contributed by atoms with van der Waals surface area (Å²) >= 11 is 6.18. The zero-order valence-corrected chi connectivity index (χ0v) is 24.3. The van der Waals surface area contributed by atoms with Crippen molar-refractivity contribution in [2.24, 2.45) is 0 Å². The molecule has 1 aliphatic carbocycles. The van der Waals surface area contributed by atoms with Gasteiger partial charge in [-0.15, -0.1) is 0 Å². The van der Waals surface area contributed by atoms with Gasteiger partial charge in [-0.3, -0.25) is 0 Å². The fourth-order valence-electron chi connectivity index (χ4n) is 6.15. The van der Waals surface area contributed by atoms with E-state index in [1.807, 2.05) is 18.2 Å². The molecular formula is C30H27ClF3N3O5S. The van der Waals surface area contributed by atoms with Crippen LogP contribution in [0.2, 0.25) is 5.02 Å². The van der Waals surface area contributed by atoms with Crippen molar-refractivity contribution in [2.75, 3.05) is 19.9 Å². The van der Waals surface area contributed by atoms with Crippen LogP contribution in [0.15, 0.2) is 60.7 Å². The number of ether oxygens (including phenoxy) is 2. The van der Waals surface area contributed by atoms with Gasteiger partial charge in [0.2, 0.25) is 6.79 Å². The van der Waals surface area contributed by atoms with Gasteiger partial charge in [0.05, 0.1) is 11.0 Å². The number of fused-ring (bicyclic) bond motifs is 2. The molecule has 7 rings (SSSR count). The Morgan fingerprint density at radius 1 is 0.860 bits per heavy atom. The molecule has 1 atom stereocenters. The molecule has 3 aliphatic rings. The number of halogens is 4. The number of sulfonamides is 1. The van der Waals surface area contributed by atoms with Crippen LogP contribution in [-0.4, -0.2) is 52.8 Å². The summed E-state index contributed by atoms with van der Waals surface area (Å²) in [5.74, 6) is 2.13.